The summed E-state index contributed by atoms with van der Waals surface area (Å²) in [6.07, 6.45) is -0.936. The van der Waals surface area contributed by atoms with Crippen molar-refractivity contribution in [3.05, 3.63) is 88.1 Å². The van der Waals surface area contributed by atoms with Gasteiger partial charge in [-0.2, -0.15) is 5.10 Å². The number of aromatic amines is 1. The van der Waals surface area contributed by atoms with E-state index in [-0.39, 0.29) is 5.69 Å². The third kappa shape index (κ3) is 2.78. The number of H-pyrrole nitrogens is 1. The Balaban J connectivity index is 1.96. The van der Waals surface area contributed by atoms with Crippen LogP contribution < -0.4 is 5.69 Å². The van der Waals surface area contributed by atoms with Gasteiger partial charge in [-0.15, -0.1) is 0 Å². The summed E-state index contributed by atoms with van der Waals surface area (Å²) < 4.78 is 1.45. The van der Waals surface area contributed by atoms with Crippen molar-refractivity contribution in [2.45, 2.75) is 12.6 Å². The number of aromatic nitrogens is 3. The van der Waals surface area contributed by atoms with E-state index in [2.05, 4.69) is 10.2 Å². The molecule has 0 aliphatic carbocycles. The van der Waals surface area contributed by atoms with Crippen LogP contribution in [0.5, 0.6) is 0 Å². The Kier molecular flexibility index (Phi) is 3.66. The molecule has 21 heavy (non-hydrogen) atoms. The quantitative estimate of drug-likeness (QED) is 0.764. The largest absolute Gasteiger partial charge is 0.380 e. The first kappa shape index (κ1) is 13.3. The first-order valence-corrected chi connectivity index (χ1v) is 6.68. The molecule has 0 bridgehead atoms. The topological polar surface area (TPSA) is 70.9 Å². The van der Waals surface area contributed by atoms with E-state index in [9.17, 15) is 9.90 Å². The number of benzene rings is 2. The number of hydrogen-bond donors (Lipinski definition) is 2. The zero-order chi connectivity index (χ0) is 14.7. The average Bonchev–Trinajstić information content (AvgIpc) is 2.90. The van der Waals surface area contributed by atoms with Crippen molar-refractivity contribution >= 4 is 0 Å². The zero-order valence-electron chi connectivity index (χ0n) is 11.3. The highest BCUT2D eigenvalue weighted by Gasteiger charge is 2.18. The van der Waals surface area contributed by atoms with Gasteiger partial charge in [-0.25, -0.2) is 9.89 Å². The molecule has 5 nitrogen and oxygen atoms in total. The summed E-state index contributed by atoms with van der Waals surface area (Å²) in [5, 5.41) is 16.8. The fourth-order valence-corrected chi connectivity index (χ4v) is 2.24. The molecule has 0 spiro atoms. The monoisotopic (exact) mass is 281 g/mol. The van der Waals surface area contributed by atoms with E-state index in [1.807, 2.05) is 48.5 Å². The van der Waals surface area contributed by atoms with E-state index in [1.54, 1.807) is 12.1 Å². The van der Waals surface area contributed by atoms with Gasteiger partial charge in [0.2, 0.25) is 0 Å². The molecule has 3 rings (SSSR count). The minimum atomic E-state index is -0.936. The van der Waals surface area contributed by atoms with Crippen molar-refractivity contribution in [1.29, 1.82) is 0 Å². The molecule has 3 aromatic rings. The van der Waals surface area contributed by atoms with Crippen molar-refractivity contribution in [3.8, 4) is 0 Å². The van der Waals surface area contributed by atoms with Crippen molar-refractivity contribution in [1.82, 2.24) is 14.8 Å². The Hall–Kier alpha value is -2.66. The van der Waals surface area contributed by atoms with E-state index in [1.165, 1.54) is 4.57 Å². The Bertz CT molecular complexity index is 763. The lowest BCUT2D eigenvalue weighted by molar-refractivity contribution is 0.204. The van der Waals surface area contributed by atoms with Gasteiger partial charge in [0.05, 0.1) is 6.54 Å². The van der Waals surface area contributed by atoms with Crippen molar-refractivity contribution in [3.63, 3.8) is 0 Å². The maximum Gasteiger partial charge on any atom is 0.343 e. The predicted octanol–water partition coefficient (Wildman–Crippen LogP) is 1.70. The molecule has 0 radical (unpaired) electrons. The Morgan fingerprint density at radius 2 is 1.67 bits per heavy atom. The maximum atomic E-state index is 11.9. The van der Waals surface area contributed by atoms with Crippen molar-refractivity contribution < 1.29 is 5.11 Å². The molecule has 0 fully saturated rings. The third-order valence-electron chi connectivity index (χ3n) is 3.33. The number of aliphatic hydroxyl groups excluding tert-OH is 1. The number of nitrogens with one attached hydrogen (secondary N) is 1. The molecular weight excluding hydrogens is 266 g/mol. The van der Waals surface area contributed by atoms with Gasteiger partial charge in [-0.1, -0.05) is 60.7 Å². The molecule has 5 heteroatoms. The van der Waals surface area contributed by atoms with Gasteiger partial charge < -0.3 is 5.11 Å². The summed E-state index contributed by atoms with van der Waals surface area (Å²) in [6.45, 7) is 0.370. The van der Waals surface area contributed by atoms with Crippen LogP contribution in [0.1, 0.15) is 23.1 Å². The minimum absolute atomic E-state index is 0.315. The van der Waals surface area contributed by atoms with Crippen LogP contribution in [0.2, 0.25) is 0 Å². The van der Waals surface area contributed by atoms with Gasteiger partial charge in [0.15, 0.2) is 5.82 Å². The van der Waals surface area contributed by atoms with Gasteiger partial charge in [-0.3, -0.25) is 4.57 Å². The van der Waals surface area contributed by atoms with Crippen LogP contribution in [-0.4, -0.2) is 19.9 Å². The SMILES string of the molecule is O=c1[nH]nc([C@@H](O)c2ccccc2)n1Cc1ccccc1. The predicted molar refractivity (Wildman–Crippen MR) is 78.9 cm³/mol. The molecule has 0 aliphatic heterocycles. The molecule has 1 aromatic heterocycles. The zero-order valence-corrected chi connectivity index (χ0v) is 11.3. The van der Waals surface area contributed by atoms with Gasteiger partial charge in [0.25, 0.3) is 0 Å². The summed E-state index contributed by atoms with van der Waals surface area (Å²) in [7, 11) is 0. The number of nitrogens with zero attached hydrogens (tertiary/aromatic N) is 2. The van der Waals surface area contributed by atoms with Crippen molar-refractivity contribution in [2.24, 2.45) is 0 Å². The lowest BCUT2D eigenvalue weighted by Crippen LogP contribution is -2.21. The van der Waals surface area contributed by atoms with E-state index in [0.29, 0.717) is 17.9 Å². The second-order valence-corrected chi connectivity index (χ2v) is 4.77. The number of rotatable bonds is 4. The molecule has 0 saturated heterocycles. The summed E-state index contributed by atoms with van der Waals surface area (Å²) in [6, 6.07) is 18.7. The summed E-state index contributed by atoms with van der Waals surface area (Å²) in [5.41, 5.74) is 1.34. The highest BCUT2D eigenvalue weighted by molar-refractivity contribution is 5.23. The summed E-state index contributed by atoms with van der Waals surface area (Å²) in [5.74, 6) is 0.315. The summed E-state index contributed by atoms with van der Waals surface area (Å²) in [4.78, 5) is 11.9. The lowest BCUT2D eigenvalue weighted by atomic mass is 10.1. The van der Waals surface area contributed by atoms with E-state index in [0.717, 1.165) is 5.56 Å². The molecule has 2 N–H and O–H groups in total. The molecule has 0 unspecified atom stereocenters. The fraction of sp³-hybridized carbons (Fsp3) is 0.125. The minimum Gasteiger partial charge on any atom is -0.380 e. The third-order valence-corrected chi connectivity index (χ3v) is 3.33. The first-order chi connectivity index (χ1) is 10.3. The molecule has 1 atom stereocenters. The fourth-order valence-electron chi connectivity index (χ4n) is 2.24. The smallest absolute Gasteiger partial charge is 0.343 e. The Labute approximate surface area is 121 Å². The van der Waals surface area contributed by atoms with Crippen LogP contribution in [0.3, 0.4) is 0 Å². The average molecular weight is 281 g/mol. The molecule has 106 valence electrons. The normalized spacial score (nSPS) is 12.2. The standard InChI is InChI=1S/C16H15N3O2/c20-14(13-9-5-2-6-10-13)15-17-18-16(21)19(15)11-12-7-3-1-4-8-12/h1-10,14,20H,11H2,(H,18,21)/t14-/m0/s1. The van der Waals surface area contributed by atoms with E-state index >= 15 is 0 Å². The maximum absolute atomic E-state index is 11.9. The lowest BCUT2D eigenvalue weighted by Gasteiger charge is -2.12. The number of hydrogen-bond acceptors (Lipinski definition) is 3. The van der Waals surface area contributed by atoms with E-state index < -0.39 is 6.10 Å². The van der Waals surface area contributed by atoms with E-state index in [4.69, 9.17) is 0 Å². The number of aliphatic hydroxyl groups is 1. The highest BCUT2D eigenvalue weighted by atomic mass is 16.3. The summed E-state index contributed by atoms with van der Waals surface area (Å²) >= 11 is 0. The van der Waals surface area contributed by atoms with Gasteiger partial charge >= 0.3 is 5.69 Å². The second kappa shape index (κ2) is 5.76. The Morgan fingerprint density at radius 3 is 2.33 bits per heavy atom. The van der Waals surface area contributed by atoms with Crippen LogP contribution in [0.25, 0.3) is 0 Å². The van der Waals surface area contributed by atoms with Crippen LogP contribution in [0, 0.1) is 0 Å². The van der Waals surface area contributed by atoms with Gasteiger partial charge in [0.1, 0.15) is 6.10 Å². The molecule has 0 saturated carbocycles. The van der Waals surface area contributed by atoms with Crippen LogP contribution in [0.15, 0.2) is 65.5 Å². The van der Waals surface area contributed by atoms with Crippen molar-refractivity contribution in [2.75, 3.05) is 0 Å². The molecule has 0 amide bonds. The molecular formula is C16H15N3O2. The van der Waals surface area contributed by atoms with Crippen LogP contribution >= 0.6 is 0 Å². The Morgan fingerprint density at radius 1 is 1.05 bits per heavy atom. The highest BCUT2D eigenvalue weighted by Crippen LogP contribution is 2.19. The first-order valence-electron chi connectivity index (χ1n) is 6.68. The van der Waals surface area contributed by atoms with Gasteiger partial charge in [0, 0.05) is 0 Å². The van der Waals surface area contributed by atoms with Crippen LogP contribution in [-0.2, 0) is 6.54 Å². The second-order valence-electron chi connectivity index (χ2n) is 4.77. The van der Waals surface area contributed by atoms with Gasteiger partial charge in [-0.05, 0) is 11.1 Å². The van der Waals surface area contributed by atoms with Crippen LogP contribution in [0.4, 0.5) is 0 Å². The molecule has 0 aliphatic rings. The molecule has 1 heterocycles. The molecule has 2 aromatic carbocycles.